The van der Waals surface area contributed by atoms with Crippen molar-refractivity contribution in [1.29, 1.82) is 0 Å². The number of amides is 1. The molecule has 1 saturated heterocycles. The molecule has 1 amide bonds. The Morgan fingerprint density at radius 3 is 2.59 bits per heavy atom. The number of aromatic nitrogens is 4. The average Bonchev–Trinajstić information content (AvgIpc) is 3.24. The fourth-order valence-corrected chi connectivity index (χ4v) is 4.90. The molecule has 3 aromatic rings. The largest absolute Gasteiger partial charge is 0.450 e. The van der Waals surface area contributed by atoms with E-state index in [-0.39, 0.29) is 29.6 Å². The molecule has 0 atom stereocenters. The highest BCUT2D eigenvalue weighted by atomic mass is 32.2. The topological polar surface area (TPSA) is 145 Å². The number of hydrogen-bond acceptors (Lipinski definition) is 9. The Labute approximate surface area is 195 Å². The molecule has 0 unspecified atom stereocenters. The molecule has 1 N–H and O–H groups in total. The van der Waals surface area contributed by atoms with Gasteiger partial charge in [0.15, 0.2) is 6.61 Å². The summed E-state index contributed by atoms with van der Waals surface area (Å²) in [6, 6.07) is 6.27. The van der Waals surface area contributed by atoms with Crippen molar-refractivity contribution in [2.24, 2.45) is 0 Å². The molecule has 4 rings (SSSR count). The van der Waals surface area contributed by atoms with Gasteiger partial charge in [-0.1, -0.05) is 6.07 Å². The Bertz CT molecular complexity index is 1360. The molecule has 0 bridgehead atoms. The lowest BCUT2D eigenvalue weighted by atomic mass is 10.2. The van der Waals surface area contributed by atoms with Crippen molar-refractivity contribution in [3.63, 3.8) is 0 Å². The number of benzene rings is 1. The zero-order valence-electron chi connectivity index (χ0n) is 18.9. The summed E-state index contributed by atoms with van der Waals surface area (Å²) in [5.74, 6) is -1.48. The lowest BCUT2D eigenvalue weighted by Gasteiger charge is -2.26. The van der Waals surface area contributed by atoms with Gasteiger partial charge < -0.3 is 14.8 Å². The number of esters is 1. The van der Waals surface area contributed by atoms with Crippen LogP contribution >= 0.6 is 0 Å². The second kappa shape index (κ2) is 9.44. The minimum Gasteiger partial charge on any atom is -0.450 e. The Morgan fingerprint density at radius 2 is 1.85 bits per heavy atom. The van der Waals surface area contributed by atoms with E-state index in [2.05, 4.69) is 20.4 Å². The van der Waals surface area contributed by atoms with Crippen molar-refractivity contribution in [1.82, 2.24) is 23.9 Å². The minimum atomic E-state index is -3.73. The first-order valence-electron chi connectivity index (χ1n) is 10.5. The first-order chi connectivity index (χ1) is 16.1. The fourth-order valence-electron chi connectivity index (χ4n) is 3.47. The Balaban J connectivity index is 1.42. The normalized spacial score (nSPS) is 14.8. The van der Waals surface area contributed by atoms with E-state index in [1.807, 2.05) is 0 Å². The van der Waals surface area contributed by atoms with Gasteiger partial charge in [0.05, 0.1) is 18.1 Å². The smallest absolute Gasteiger partial charge is 0.378 e. The molecule has 0 radical (unpaired) electrons. The number of hydrogen-bond donors (Lipinski definition) is 1. The molecule has 3 heterocycles. The van der Waals surface area contributed by atoms with Gasteiger partial charge in [0.25, 0.3) is 17.5 Å². The van der Waals surface area contributed by atoms with Gasteiger partial charge >= 0.3 is 5.97 Å². The van der Waals surface area contributed by atoms with Crippen molar-refractivity contribution in [2.45, 2.75) is 25.7 Å². The lowest BCUT2D eigenvalue weighted by Crippen LogP contribution is -2.40. The third-order valence-corrected chi connectivity index (χ3v) is 7.12. The maximum absolute atomic E-state index is 12.9. The summed E-state index contributed by atoms with van der Waals surface area (Å²) in [5.41, 5.74) is 2.43. The van der Waals surface area contributed by atoms with Crippen LogP contribution in [0, 0.1) is 20.8 Å². The zero-order chi connectivity index (χ0) is 24.5. The van der Waals surface area contributed by atoms with Crippen LogP contribution in [0.5, 0.6) is 0 Å². The molecule has 0 aliphatic carbocycles. The van der Waals surface area contributed by atoms with Gasteiger partial charge in [-0.05, 0) is 44.5 Å². The number of morpholine rings is 1. The van der Waals surface area contributed by atoms with E-state index < -0.39 is 28.5 Å². The Kier molecular flexibility index (Phi) is 6.59. The van der Waals surface area contributed by atoms with E-state index in [9.17, 15) is 18.0 Å². The molecule has 1 aromatic carbocycles. The zero-order valence-corrected chi connectivity index (χ0v) is 19.8. The highest BCUT2D eigenvalue weighted by Gasteiger charge is 2.27. The molecule has 12 nitrogen and oxygen atoms in total. The molecule has 1 fully saturated rings. The first kappa shape index (κ1) is 23.7. The van der Waals surface area contributed by atoms with Crippen LogP contribution in [0.2, 0.25) is 0 Å². The van der Waals surface area contributed by atoms with Gasteiger partial charge in [-0.3, -0.25) is 4.79 Å². The highest BCUT2D eigenvalue weighted by molar-refractivity contribution is 7.89. The van der Waals surface area contributed by atoms with Crippen LogP contribution in [0.15, 0.2) is 29.2 Å². The second-order valence-electron chi connectivity index (χ2n) is 7.80. The van der Waals surface area contributed by atoms with Crippen molar-refractivity contribution in [3.05, 3.63) is 47.0 Å². The molecule has 1 aliphatic rings. The SMILES string of the molecule is Cc1cc(C)n2nc(C(=O)OCC(=O)Nc3cc(S(=O)(=O)N4CCOCC4)ccc3C)nc2n1. The summed E-state index contributed by atoms with van der Waals surface area (Å²) in [6.45, 7) is 5.91. The van der Waals surface area contributed by atoms with Crippen molar-refractivity contribution in [2.75, 3.05) is 38.2 Å². The third-order valence-electron chi connectivity index (χ3n) is 5.23. The molecular formula is C21H24N6O6S. The van der Waals surface area contributed by atoms with Gasteiger partial charge in [0.2, 0.25) is 10.0 Å². The summed E-state index contributed by atoms with van der Waals surface area (Å²) in [7, 11) is -3.73. The van der Waals surface area contributed by atoms with Gasteiger partial charge in [-0.2, -0.15) is 9.29 Å². The molecular weight excluding hydrogens is 464 g/mol. The predicted octanol–water partition coefficient (Wildman–Crippen LogP) is 0.866. The average molecular weight is 489 g/mol. The van der Waals surface area contributed by atoms with Crippen molar-refractivity contribution < 1.29 is 27.5 Å². The molecule has 34 heavy (non-hydrogen) atoms. The standard InChI is InChI=1S/C21H24N6O6S/c1-13-4-5-16(34(30,31)26-6-8-32-9-7-26)11-17(13)23-18(28)12-33-20(29)19-24-21-22-14(2)10-15(3)27(21)25-19/h4-5,10-11H,6-9,12H2,1-3H3,(H,23,28). The van der Waals surface area contributed by atoms with Crippen molar-refractivity contribution in [3.8, 4) is 0 Å². The van der Waals surface area contributed by atoms with E-state index in [0.29, 0.717) is 24.5 Å². The van der Waals surface area contributed by atoms with Crippen LogP contribution < -0.4 is 5.32 Å². The second-order valence-corrected chi connectivity index (χ2v) is 9.74. The van der Waals surface area contributed by atoms with E-state index in [4.69, 9.17) is 9.47 Å². The maximum Gasteiger partial charge on any atom is 0.378 e. The summed E-state index contributed by atoms with van der Waals surface area (Å²) in [6.07, 6.45) is 0. The van der Waals surface area contributed by atoms with Gasteiger partial charge in [0.1, 0.15) is 0 Å². The van der Waals surface area contributed by atoms with Crippen LogP contribution in [0.4, 0.5) is 5.69 Å². The third kappa shape index (κ3) is 4.90. The number of carbonyl (C=O) groups excluding carboxylic acids is 2. The number of anilines is 1. The van der Waals surface area contributed by atoms with Crippen LogP contribution in [-0.4, -0.2) is 77.1 Å². The van der Waals surface area contributed by atoms with Gasteiger partial charge in [-0.25, -0.2) is 22.7 Å². The van der Waals surface area contributed by atoms with Gasteiger partial charge in [-0.15, -0.1) is 5.10 Å². The number of fused-ring (bicyclic) bond motifs is 1. The summed E-state index contributed by atoms with van der Waals surface area (Å²) < 4.78 is 38.8. The molecule has 0 saturated carbocycles. The quantitative estimate of drug-likeness (QED) is 0.499. The molecule has 180 valence electrons. The number of rotatable bonds is 6. The Hall–Kier alpha value is -3.42. The van der Waals surface area contributed by atoms with Crippen molar-refractivity contribution >= 4 is 33.4 Å². The highest BCUT2D eigenvalue weighted by Crippen LogP contribution is 2.23. The number of nitrogens with zero attached hydrogens (tertiary/aromatic N) is 5. The van der Waals surface area contributed by atoms with E-state index in [1.165, 1.54) is 21.0 Å². The summed E-state index contributed by atoms with van der Waals surface area (Å²) >= 11 is 0. The Morgan fingerprint density at radius 1 is 1.12 bits per heavy atom. The maximum atomic E-state index is 12.9. The molecule has 13 heteroatoms. The lowest BCUT2D eigenvalue weighted by molar-refractivity contribution is -0.119. The molecule has 1 aliphatic heterocycles. The minimum absolute atomic E-state index is 0.0550. The summed E-state index contributed by atoms with van der Waals surface area (Å²) in [5, 5.41) is 6.66. The number of nitrogens with one attached hydrogen (secondary N) is 1. The molecule has 2 aromatic heterocycles. The van der Waals surface area contributed by atoms with Crippen LogP contribution in [0.25, 0.3) is 5.78 Å². The number of aryl methyl sites for hydroxylation is 3. The van der Waals surface area contributed by atoms with Crippen LogP contribution in [0.3, 0.4) is 0 Å². The fraction of sp³-hybridized carbons (Fsp3) is 0.381. The van der Waals surface area contributed by atoms with Crippen LogP contribution in [-0.2, 0) is 24.3 Å². The molecule has 0 spiro atoms. The predicted molar refractivity (Wildman–Crippen MR) is 120 cm³/mol. The number of carbonyl (C=O) groups is 2. The number of sulfonamides is 1. The van der Waals surface area contributed by atoms with Crippen LogP contribution in [0.1, 0.15) is 27.6 Å². The monoisotopic (exact) mass is 488 g/mol. The summed E-state index contributed by atoms with van der Waals surface area (Å²) in [4.78, 5) is 33.0. The number of ether oxygens (including phenoxy) is 2. The van der Waals surface area contributed by atoms with E-state index in [1.54, 1.807) is 32.9 Å². The van der Waals surface area contributed by atoms with E-state index in [0.717, 1.165) is 11.4 Å². The van der Waals surface area contributed by atoms with Gasteiger partial charge in [0, 0.05) is 30.2 Å². The van der Waals surface area contributed by atoms with E-state index >= 15 is 0 Å². The first-order valence-corrected chi connectivity index (χ1v) is 12.0.